The number of unbranched alkanes of at least 4 members (excludes halogenated alkanes) is 1. The molecule has 2 aromatic carbocycles. The lowest BCUT2D eigenvalue weighted by Crippen LogP contribution is -2.45. The van der Waals surface area contributed by atoms with Crippen molar-refractivity contribution in [1.29, 1.82) is 0 Å². The summed E-state index contributed by atoms with van der Waals surface area (Å²) in [7, 11) is 1.39. The van der Waals surface area contributed by atoms with Gasteiger partial charge in [0.05, 0.1) is 20.3 Å². The van der Waals surface area contributed by atoms with Crippen molar-refractivity contribution in [3.05, 3.63) is 83.4 Å². The van der Waals surface area contributed by atoms with Crippen molar-refractivity contribution in [2.45, 2.75) is 39.2 Å². The summed E-state index contributed by atoms with van der Waals surface area (Å²) < 4.78 is 16.5. The number of allylic oxidation sites excluding steroid dienone is 2. The molecule has 1 aliphatic heterocycles. The van der Waals surface area contributed by atoms with E-state index >= 15 is 0 Å². The van der Waals surface area contributed by atoms with Gasteiger partial charge in [-0.25, -0.2) is 14.1 Å². The lowest BCUT2D eigenvalue weighted by atomic mass is 10.00. The fourth-order valence-electron chi connectivity index (χ4n) is 4.25. The number of quaternary nitrogens is 1. The van der Waals surface area contributed by atoms with Crippen molar-refractivity contribution < 1.29 is 28.3 Å². The number of ether oxygens (including phenoxy) is 3. The molecule has 1 atom stereocenters. The maximum Gasteiger partial charge on any atom is 0.333 e. The SMILES string of the molecule is CCCCOCCOc1ccc(C2=CC=C(C(=O)OC)CCC[N+]2(C=O)Cc2ccccc2)cc1. The molecule has 0 aliphatic carbocycles. The highest BCUT2D eigenvalue weighted by Crippen LogP contribution is 2.33. The summed E-state index contributed by atoms with van der Waals surface area (Å²) in [6.07, 6.45) is 8.11. The van der Waals surface area contributed by atoms with E-state index in [1.54, 1.807) is 6.08 Å². The Hall–Kier alpha value is -3.22. The zero-order chi connectivity index (χ0) is 24.9. The molecule has 35 heavy (non-hydrogen) atoms. The van der Waals surface area contributed by atoms with E-state index < -0.39 is 0 Å². The number of rotatable bonds is 12. The number of carbonyl (C=O) groups excluding carboxylic acids is 2. The summed E-state index contributed by atoms with van der Waals surface area (Å²) in [5.74, 6) is 0.414. The quantitative estimate of drug-likeness (QED) is 0.180. The van der Waals surface area contributed by atoms with Crippen molar-refractivity contribution in [1.82, 2.24) is 0 Å². The van der Waals surface area contributed by atoms with Crippen molar-refractivity contribution >= 4 is 18.1 Å². The molecule has 0 fully saturated rings. The van der Waals surface area contributed by atoms with Gasteiger partial charge in [-0.1, -0.05) is 43.7 Å². The topological polar surface area (TPSA) is 61.8 Å². The fourth-order valence-corrected chi connectivity index (χ4v) is 4.25. The third-order valence-corrected chi connectivity index (χ3v) is 6.17. The Morgan fingerprint density at radius 2 is 1.77 bits per heavy atom. The Morgan fingerprint density at radius 3 is 2.46 bits per heavy atom. The van der Waals surface area contributed by atoms with Gasteiger partial charge in [-0.2, -0.15) is 0 Å². The van der Waals surface area contributed by atoms with Crippen LogP contribution in [0.2, 0.25) is 0 Å². The lowest BCUT2D eigenvalue weighted by Gasteiger charge is -2.35. The van der Waals surface area contributed by atoms with Crippen LogP contribution in [0, 0.1) is 0 Å². The van der Waals surface area contributed by atoms with Crippen LogP contribution in [-0.2, 0) is 25.6 Å². The highest BCUT2D eigenvalue weighted by molar-refractivity contribution is 5.89. The number of hydrogen-bond acceptors (Lipinski definition) is 5. The standard InChI is InChI=1S/C29H36NO5/c1-3-4-19-34-20-21-35-27-15-12-25(13-16-27)28-17-14-26(29(32)33-2)11-8-18-30(28,23-31)22-24-9-6-5-7-10-24/h5-7,9-10,12-17,23H,3-4,8,11,18-22H2,1-2H3/q+1. The highest BCUT2D eigenvalue weighted by Gasteiger charge is 2.35. The highest BCUT2D eigenvalue weighted by atomic mass is 16.5. The normalized spacial score (nSPS) is 18.0. The molecule has 0 aromatic heterocycles. The molecule has 0 N–H and O–H groups in total. The summed E-state index contributed by atoms with van der Waals surface area (Å²) in [5, 5.41) is 0. The maximum absolute atomic E-state index is 12.7. The summed E-state index contributed by atoms with van der Waals surface area (Å²) in [6, 6.07) is 17.8. The first-order chi connectivity index (χ1) is 17.1. The van der Waals surface area contributed by atoms with E-state index in [1.807, 2.05) is 60.7 Å². The van der Waals surface area contributed by atoms with Gasteiger partial charge in [-0.15, -0.1) is 0 Å². The van der Waals surface area contributed by atoms with Gasteiger partial charge in [-0.05, 0) is 43.2 Å². The minimum Gasteiger partial charge on any atom is -0.491 e. The van der Waals surface area contributed by atoms with Crippen LogP contribution in [0.3, 0.4) is 0 Å². The van der Waals surface area contributed by atoms with Gasteiger partial charge in [0.2, 0.25) is 0 Å². The third kappa shape index (κ3) is 7.38. The van der Waals surface area contributed by atoms with Gasteiger partial charge in [0.25, 0.3) is 0 Å². The lowest BCUT2D eigenvalue weighted by molar-refractivity contribution is -0.787. The molecular weight excluding hydrogens is 442 g/mol. The molecule has 2 aromatic rings. The van der Waals surface area contributed by atoms with Gasteiger partial charge in [0.1, 0.15) is 24.6 Å². The van der Waals surface area contributed by atoms with Crippen LogP contribution in [0.1, 0.15) is 43.7 Å². The van der Waals surface area contributed by atoms with Gasteiger partial charge >= 0.3 is 12.4 Å². The smallest absolute Gasteiger partial charge is 0.333 e. The fraction of sp³-hybridized carbons (Fsp3) is 0.379. The minimum absolute atomic E-state index is 0.139. The first-order valence-electron chi connectivity index (χ1n) is 12.3. The molecule has 6 nitrogen and oxygen atoms in total. The number of benzene rings is 2. The van der Waals surface area contributed by atoms with E-state index in [0.29, 0.717) is 44.7 Å². The molecule has 0 radical (unpaired) electrons. The first kappa shape index (κ1) is 26.4. The molecule has 0 saturated heterocycles. The number of methoxy groups -OCH3 is 1. The second kappa shape index (κ2) is 13.6. The van der Waals surface area contributed by atoms with E-state index in [2.05, 4.69) is 6.92 Å². The van der Waals surface area contributed by atoms with E-state index in [4.69, 9.17) is 14.2 Å². The molecule has 0 spiro atoms. The summed E-state index contributed by atoms with van der Waals surface area (Å²) in [4.78, 5) is 24.9. The largest absolute Gasteiger partial charge is 0.491 e. The average Bonchev–Trinajstić information content (AvgIpc) is 2.88. The Morgan fingerprint density at radius 1 is 1.00 bits per heavy atom. The summed E-state index contributed by atoms with van der Waals surface area (Å²) in [6.45, 7) is 5.03. The van der Waals surface area contributed by atoms with Gasteiger partial charge in [0.15, 0.2) is 0 Å². The monoisotopic (exact) mass is 478 g/mol. The second-order valence-electron chi connectivity index (χ2n) is 8.68. The van der Waals surface area contributed by atoms with Crippen LogP contribution in [0.4, 0.5) is 0 Å². The molecule has 3 rings (SSSR count). The van der Waals surface area contributed by atoms with Crippen molar-refractivity contribution in [3.8, 4) is 5.75 Å². The van der Waals surface area contributed by atoms with Crippen LogP contribution in [0.5, 0.6) is 5.75 Å². The molecule has 1 amide bonds. The first-order valence-corrected chi connectivity index (χ1v) is 12.3. The second-order valence-corrected chi connectivity index (χ2v) is 8.68. The van der Waals surface area contributed by atoms with E-state index in [0.717, 1.165) is 48.4 Å². The predicted molar refractivity (Wildman–Crippen MR) is 136 cm³/mol. The average molecular weight is 479 g/mol. The predicted octanol–water partition coefficient (Wildman–Crippen LogP) is 5.29. The van der Waals surface area contributed by atoms with E-state index in [1.165, 1.54) is 7.11 Å². The Kier molecular flexibility index (Phi) is 10.3. The summed E-state index contributed by atoms with van der Waals surface area (Å²) in [5.41, 5.74) is 3.42. The van der Waals surface area contributed by atoms with Crippen molar-refractivity contribution in [2.24, 2.45) is 0 Å². The van der Waals surface area contributed by atoms with Crippen molar-refractivity contribution in [3.63, 3.8) is 0 Å². The molecule has 186 valence electrons. The zero-order valence-corrected chi connectivity index (χ0v) is 20.8. The van der Waals surface area contributed by atoms with Gasteiger partial charge in [0, 0.05) is 35.8 Å². The van der Waals surface area contributed by atoms with Crippen molar-refractivity contribution in [2.75, 3.05) is 33.5 Å². The Bertz CT molecular complexity index is 1010. The van der Waals surface area contributed by atoms with Gasteiger partial charge in [-0.3, -0.25) is 0 Å². The number of nitrogens with zero attached hydrogens (tertiary/aromatic N) is 1. The molecule has 0 bridgehead atoms. The summed E-state index contributed by atoms with van der Waals surface area (Å²) >= 11 is 0. The Balaban J connectivity index is 1.88. The maximum atomic E-state index is 12.7. The van der Waals surface area contributed by atoms with Gasteiger partial charge < -0.3 is 14.2 Å². The molecule has 1 heterocycles. The number of carbonyl (C=O) groups is 2. The van der Waals surface area contributed by atoms with Crippen LogP contribution in [0.15, 0.2) is 72.3 Å². The number of hydrogen-bond donors (Lipinski definition) is 0. The van der Waals surface area contributed by atoms with Crippen LogP contribution < -0.4 is 4.74 Å². The van der Waals surface area contributed by atoms with E-state index in [9.17, 15) is 9.59 Å². The zero-order valence-electron chi connectivity index (χ0n) is 20.8. The number of amides is 1. The van der Waals surface area contributed by atoms with Crippen LogP contribution >= 0.6 is 0 Å². The molecular formula is C29H36NO5+. The van der Waals surface area contributed by atoms with Crippen LogP contribution in [-0.4, -0.2) is 50.3 Å². The molecule has 1 aliphatic rings. The molecule has 6 heteroatoms. The minimum atomic E-state index is -0.334. The third-order valence-electron chi connectivity index (χ3n) is 6.17. The molecule has 1 unspecified atom stereocenters. The van der Waals surface area contributed by atoms with E-state index in [-0.39, 0.29) is 10.5 Å². The Labute approximate surface area is 208 Å². The molecule has 0 saturated carbocycles. The van der Waals surface area contributed by atoms with Crippen LogP contribution in [0.25, 0.3) is 5.70 Å². The number of esters is 1.